The Labute approximate surface area is 104 Å². The van der Waals surface area contributed by atoms with E-state index in [1.54, 1.807) is 0 Å². The first-order valence-electron chi connectivity index (χ1n) is 5.39. The lowest BCUT2D eigenvalue weighted by Gasteiger charge is -2.02. The molecule has 17 heavy (non-hydrogen) atoms. The number of carbonyl (C=O) groups is 1. The van der Waals surface area contributed by atoms with Crippen molar-refractivity contribution in [2.24, 2.45) is 0 Å². The normalized spacial score (nSPS) is 10.2. The summed E-state index contributed by atoms with van der Waals surface area (Å²) < 4.78 is 0. The summed E-state index contributed by atoms with van der Waals surface area (Å²) in [6, 6.07) is 7.56. The average molecular weight is 247 g/mol. The van der Waals surface area contributed by atoms with Gasteiger partial charge in [0.1, 0.15) is 5.01 Å². The Kier molecular flexibility index (Phi) is 3.49. The van der Waals surface area contributed by atoms with Crippen LogP contribution in [0.25, 0.3) is 0 Å². The molecular weight excluding hydrogens is 234 g/mol. The lowest BCUT2D eigenvalue weighted by Crippen LogP contribution is -2.11. The molecule has 1 N–H and O–H groups in total. The van der Waals surface area contributed by atoms with Gasteiger partial charge in [0.05, 0.1) is 0 Å². The Bertz CT molecular complexity index is 519. The van der Waals surface area contributed by atoms with E-state index < -0.39 is 0 Å². The molecule has 0 spiro atoms. The predicted octanol–water partition coefficient (Wildman–Crippen LogP) is 2.66. The number of benzene rings is 1. The van der Waals surface area contributed by atoms with Crippen LogP contribution in [-0.4, -0.2) is 16.1 Å². The Hall–Kier alpha value is -1.75. The lowest BCUT2D eigenvalue weighted by atomic mass is 10.1. The number of rotatable bonds is 3. The number of carbonyl (C=O) groups excluding carboxylic acids is 1. The quantitative estimate of drug-likeness (QED) is 0.907. The van der Waals surface area contributed by atoms with E-state index in [4.69, 9.17) is 0 Å². The highest BCUT2D eigenvalue weighted by Gasteiger charge is 2.08. The molecule has 0 saturated heterocycles. The molecule has 1 amide bonds. The minimum absolute atomic E-state index is 0.149. The maximum Gasteiger partial charge on any atom is 0.257 e. The van der Waals surface area contributed by atoms with Crippen molar-refractivity contribution in [3.63, 3.8) is 0 Å². The van der Waals surface area contributed by atoms with E-state index >= 15 is 0 Å². The van der Waals surface area contributed by atoms with Crippen molar-refractivity contribution >= 4 is 22.4 Å². The van der Waals surface area contributed by atoms with Gasteiger partial charge in [-0.05, 0) is 31.0 Å². The molecule has 1 aromatic carbocycles. The number of aryl methyl sites for hydroxylation is 2. The first kappa shape index (κ1) is 11.7. The summed E-state index contributed by atoms with van der Waals surface area (Å²) in [6.45, 7) is 3.93. The lowest BCUT2D eigenvalue weighted by molar-refractivity contribution is 0.102. The van der Waals surface area contributed by atoms with Gasteiger partial charge in [-0.1, -0.05) is 30.4 Å². The number of hydrogen-bond acceptors (Lipinski definition) is 4. The van der Waals surface area contributed by atoms with Gasteiger partial charge in [0, 0.05) is 5.56 Å². The van der Waals surface area contributed by atoms with Crippen molar-refractivity contribution in [1.82, 2.24) is 10.2 Å². The maximum absolute atomic E-state index is 11.9. The largest absolute Gasteiger partial charge is 0.296 e. The highest BCUT2D eigenvalue weighted by atomic mass is 32.1. The molecule has 0 radical (unpaired) electrons. The van der Waals surface area contributed by atoms with Gasteiger partial charge in [0.2, 0.25) is 5.13 Å². The molecule has 2 rings (SSSR count). The molecule has 0 aliphatic carbocycles. The number of anilines is 1. The van der Waals surface area contributed by atoms with E-state index in [0.29, 0.717) is 10.7 Å². The first-order valence-corrected chi connectivity index (χ1v) is 6.21. The molecule has 0 saturated carbocycles. The van der Waals surface area contributed by atoms with Crippen molar-refractivity contribution in [2.75, 3.05) is 5.32 Å². The zero-order valence-corrected chi connectivity index (χ0v) is 10.5. The SMILES string of the molecule is CCc1ccc(C(=O)Nc2nnc(C)s2)cc1. The van der Waals surface area contributed by atoms with Gasteiger partial charge in [-0.2, -0.15) is 0 Å². The van der Waals surface area contributed by atoms with Crippen molar-refractivity contribution in [3.05, 3.63) is 40.4 Å². The fourth-order valence-electron chi connectivity index (χ4n) is 1.41. The van der Waals surface area contributed by atoms with Crippen molar-refractivity contribution in [3.8, 4) is 0 Å². The predicted molar refractivity (Wildman–Crippen MR) is 68.4 cm³/mol. The number of hydrogen-bond donors (Lipinski definition) is 1. The van der Waals surface area contributed by atoms with E-state index in [0.717, 1.165) is 11.4 Å². The van der Waals surface area contributed by atoms with Crippen molar-refractivity contribution < 1.29 is 4.79 Å². The summed E-state index contributed by atoms with van der Waals surface area (Å²) in [7, 11) is 0. The number of nitrogens with zero attached hydrogens (tertiary/aromatic N) is 2. The second-order valence-corrected chi connectivity index (χ2v) is 4.81. The van der Waals surface area contributed by atoms with Gasteiger partial charge in [0.15, 0.2) is 0 Å². The first-order chi connectivity index (χ1) is 8.19. The molecule has 0 bridgehead atoms. The minimum atomic E-state index is -0.149. The number of amides is 1. The summed E-state index contributed by atoms with van der Waals surface area (Å²) in [5.74, 6) is -0.149. The van der Waals surface area contributed by atoms with Crippen LogP contribution < -0.4 is 5.32 Å². The van der Waals surface area contributed by atoms with Crippen molar-refractivity contribution in [1.29, 1.82) is 0 Å². The molecule has 5 heteroatoms. The van der Waals surface area contributed by atoms with Crippen LogP contribution >= 0.6 is 11.3 Å². The molecule has 0 atom stereocenters. The molecule has 0 unspecified atom stereocenters. The third-order valence-corrected chi connectivity index (χ3v) is 3.12. The molecule has 1 heterocycles. The van der Waals surface area contributed by atoms with Gasteiger partial charge in [-0.15, -0.1) is 10.2 Å². The van der Waals surface area contributed by atoms with Gasteiger partial charge in [-0.3, -0.25) is 10.1 Å². The Morgan fingerprint density at radius 2 is 2.00 bits per heavy atom. The third-order valence-electron chi connectivity index (χ3n) is 2.37. The van der Waals surface area contributed by atoms with Crippen molar-refractivity contribution in [2.45, 2.75) is 20.3 Å². The van der Waals surface area contributed by atoms with Crippen LogP contribution in [0.2, 0.25) is 0 Å². The summed E-state index contributed by atoms with van der Waals surface area (Å²) in [5.41, 5.74) is 1.85. The second kappa shape index (κ2) is 5.05. The van der Waals surface area contributed by atoms with Crippen LogP contribution in [0.1, 0.15) is 27.9 Å². The van der Waals surface area contributed by atoms with Crippen LogP contribution in [0.3, 0.4) is 0 Å². The fourth-order valence-corrected chi connectivity index (χ4v) is 2.00. The molecule has 0 fully saturated rings. The standard InChI is InChI=1S/C12H13N3OS/c1-3-9-4-6-10(7-5-9)11(16)13-12-15-14-8(2)17-12/h4-7H,3H2,1-2H3,(H,13,15,16). The molecule has 4 nitrogen and oxygen atoms in total. The second-order valence-electron chi connectivity index (χ2n) is 3.63. The monoisotopic (exact) mass is 247 g/mol. The van der Waals surface area contributed by atoms with E-state index in [1.165, 1.54) is 16.9 Å². The van der Waals surface area contributed by atoms with Gasteiger partial charge in [-0.25, -0.2) is 0 Å². The van der Waals surface area contributed by atoms with Gasteiger partial charge < -0.3 is 0 Å². The van der Waals surface area contributed by atoms with E-state index in [1.807, 2.05) is 31.2 Å². The Balaban J connectivity index is 2.09. The van der Waals surface area contributed by atoms with Gasteiger partial charge >= 0.3 is 0 Å². The van der Waals surface area contributed by atoms with Crippen LogP contribution in [0.5, 0.6) is 0 Å². The van der Waals surface area contributed by atoms with Crippen LogP contribution in [0.4, 0.5) is 5.13 Å². The van der Waals surface area contributed by atoms with E-state index in [2.05, 4.69) is 22.4 Å². The average Bonchev–Trinajstić information content (AvgIpc) is 2.75. The number of aromatic nitrogens is 2. The molecule has 2 aromatic rings. The number of nitrogens with one attached hydrogen (secondary N) is 1. The van der Waals surface area contributed by atoms with Gasteiger partial charge in [0.25, 0.3) is 5.91 Å². The summed E-state index contributed by atoms with van der Waals surface area (Å²) in [6.07, 6.45) is 0.970. The summed E-state index contributed by atoms with van der Waals surface area (Å²) >= 11 is 1.36. The van der Waals surface area contributed by atoms with Crippen LogP contribution in [-0.2, 0) is 6.42 Å². The van der Waals surface area contributed by atoms with Crippen LogP contribution in [0.15, 0.2) is 24.3 Å². The summed E-state index contributed by atoms with van der Waals surface area (Å²) in [4.78, 5) is 11.9. The Morgan fingerprint density at radius 1 is 1.29 bits per heavy atom. The smallest absolute Gasteiger partial charge is 0.257 e. The topological polar surface area (TPSA) is 54.9 Å². The van der Waals surface area contributed by atoms with Crippen LogP contribution in [0, 0.1) is 6.92 Å². The zero-order valence-electron chi connectivity index (χ0n) is 9.73. The maximum atomic E-state index is 11.9. The van der Waals surface area contributed by atoms with E-state index in [-0.39, 0.29) is 5.91 Å². The molecule has 88 valence electrons. The molecular formula is C12H13N3OS. The molecule has 0 aliphatic heterocycles. The minimum Gasteiger partial charge on any atom is -0.296 e. The third kappa shape index (κ3) is 2.88. The molecule has 1 aromatic heterocycles. The highest BCUT2D eigenvalue weighted by molar-refractivity contribution is 7.15. The fraction of sp³-hybridized carbons (Fsp3) is 0.250. The highest BCUT2D eigenvalue weighted by Crippen LogP contribution is 2.15. The van der Waals surface area contributed by atoms with E-state index in [9.17, 15) is 4.79 Å². The Morgan fingerprint density at radius 3 is 2.53 bits per heavy atom. The molecule has 0 aliphatic rings. The summed E-state index contributed by atoms with van der Waals surface area (Å²) in [5, 5.41) is 11.8. The zero-order chi connectivity index (χ0) is 12.3.